The van der Waals surface area contributed by atoms with E-state index in [0.717, 1.165) is 5.70 Å². The van der Waals surface area contributed by atoms with Gasteiger partial charge in [-0.15, -0.1) is 0 Å². The number of fused-ring (bicyclic) bond motifs is 1. The van der Waals surface area contributed by atoms with E-state index in [1.54, 1.807) is 11.8 Å². The second-order valence-electron chi connectivity index (χ2n) is 5.82. The number of carbonyl (C=O) groups is 2. The molecule has 2 aliphatic heterocycles. The lowest BCUT2D eigenvalue weighted by Gasteiger charge is -2.29. The number of allylic oxidation sites excluding steroid dienone is 1. The number of aliphatic imine (C=N–C) groups is 1. The fourth-order valence-electron chi connectivity index (χ4n) is 2.31. The van der Waals surface area contributed by atoms with Crippen LogP contribution in [0, 0.1) is 5.41 Å². The number of hydrogen-bond acceptors (Lipinski definition) is 5. The summed E-state index contributed by atoms with van der Waals surface area (Å²) in [6.45, 7) is 8.81. The molecule has 2 rings (SSSR count). The van der Waals surface area contributed by atoms with Crippen LogP contribution in [0.2, 0.25) is 0 Å². The molecule has 0 N–H and O–H groups in total. The van der Waals surface area contributed by atoms with Crippen LogP contribution >= 0.6 is 0 Å². The molecule has 0 radical (unpaired) electrons. The van der Waals surface area contributed by atoms with Crippen LogP contribution in [0.25, 0.3) is 0 Å². The molecule has 0 saturated carbocycles. The average Bonchev–Trinajstić information content (AvgIpc) is 2.62. The molecule has 0 amide bonds. The van der Waals surface area contributed by atoms with E-state index < -0.39 is 12.0 Å². The summed E-state index contributed by atoms with van der Waals surface area (Å²) in [6, 6.07) is -0.809. The van der Waals surface area contributed by atoms with E-state index in [1.807, 2.05) is 6.08 Å². The highest BCUT2D eigenvalue weighted by molar-refractivity contribution is 6.18. The molecule has 2 aliphatic rings. The monoisotopic (exact) mass is 264 g/mol. The van der Waals surface area contributed by atoms with Crippen molar-refractivity contribution in [2.24, 2.45) is 10.4 Å². The highest BCUT2D eigenvalue weighted by atomic mass is 16.5. The maximum absolute atomic E-state index is 12.0. The Morgan fingerprint density at radius 2 is 2.21 bits per heavy atom. The maximum atomic E-state index is 12.0. The van der Waals surface area contributed by atoms with E-state index in [9.17, 15) is 9.59 Å². The number of ketones is 1. The topological polar surface area (TPSA) is 59.0 Å². The number of esters is 1. The van der Waals surface area contributed by atoms with Gasteiger partial charge in [0.25, 0.3) is 0 Å². The molecular weight excluding hydrogens is 244 g/mol. The summed E-state index contributed by atoms with van der Waals surface area (Å²) in [7, 11) is 0. The van der Waals surface area contributed by atoms with E-state index in [4.69, 9.17) is 4.74 Å². The van der Waals surface area contributed by atoms with E-state index in [-0.39, 0.29) is 24.2 Å². The molecule has 19 heavy (non-hydrogen) atoms. The van der Waals surface area contributed by atoms with E-state index in [0.29, 0.717) is 12.4 Å². The standard InChI is InChI=1S/C14H20N2O3/c1-5-19-13(18)12-9(17)8-11-15-10(14(2,3)4)6-7-16(11)12/h6,12H,5,7-8H2,1-4H3. The third-order valence-corrected chi connectivity index (χ3v) is 3.29. The Morgan fingerprint density at radius 1 is 1.53 bits per heavy atom. The molecule has 0 bridgehead atoms. The summed E-state index contributed by atoms with van der Waals surface area (Å²) in [6.07, 6.45) is 2.20. The zero-order valence-electron chi connectivity index (χ0n) is 11.9. The third kappa shape index (κ3) is 2.55. The summed E-state index contributed by atoms with van der Waals surface area (Å²) in [4.78, 5) is 30.1. The van der Waals surface area contributed by atoms with Crippen LogP contribution in [0.4, 0.5) is 0 Å². The summed E-state index contributed by atoms with van der Waals surface area (Å²) >= 11 is 0. The minimum atomic E-state index is -0.809. The molecule has 1 saturated heterocycles. The summed E-state index contributed by atoms with van der Waals surface area (Å²) in [5, 5.41) is 0. The Balaban J connectivity index is 2.22. The molecule has 1 atom stereocenters. The zero-order chi connectivity index (χ0) is 14.2. The van der Waals surface area contributed by atoms with E-state index in [1.165, 1.54) is 0 Å². The molecule has 0 aromatic heterocycles. The molecule has 104 valence electrons. The van der Waals surface area contributed by atoms with Crippen molar-refractivity contribution in [3.05, 3.63) is 11.8 Å². The minimum absolute atomic E-state index is 0.0514. The Morgan fingerprint density at radius 3 is 2.79 bits per heavy atom. The van der Waals surface area contributed by atoms with Crippen LogP contribution in [0.15, 0.2) is 16.8 Å². The van der Waals surface area contributed by atoms with Crippen molar-refractivity contribution >= 4 is 17.6 Å². The lowest BCUT2D eigenvalue weighted by molar-refractivity contribution is -0.150. The smallest absolute Gasteiger partial charge is 0.336 e. The average molecular weight is 264 g/mol. The zero-order valence-corrected chi connectivity index (χ0v) is 11.9. The van der Waals surface area contributed by atoms with Crippen LogP contribution in [0.3, 0.4) is 0 Å². The SMILES string of the molecule is CCOC(=O)C1C(=O)CC2=NC(C(C)(C)C)=CCN21. The Bertz CT molecular complexity index is 472. The summed E-state index contributed by atoms with van der Waals surface area (Å²) in [5.74, 6) is 0.0987. The van der Waals surface area contributed by atoms with E-state index >= 15 is 0 Å². The van der Waals surface area contributed by atoms with Gasteiger partial charge in [-0.1, -0.05) is 20.8 Å². The molecule has 0 spiro atoms. The largest absolute Gasteiger partial charge is 0.464 e. The van der Waals surface area contributed by atoms with Crippen molar-refractivity contribution in [2.45, 2.75) is 40.2 Å². The van der Waals surface area contributed by atoms with Gasteiger partial charge in [0.2, 0.25) is 0 Å². The molecule has 5 heteroatoms. The van der Waals surface area contributed by atoms with Gasteiger partial charge in [-0.05, 0) is 13.0 Å². The Kier molecular flexibility index (Phi) is 3.47. The van der Waals surface area contributed by atoms with Gasteiger partial charge >= 0.3 is 5.97 Å². The van der Waals surface area contributed by atoms with Crippen molar-refractivity contribution in [2.75, 3.05) is 13.2 Å². The predicted molar refractivity (Wildman–Crippen MR) is 71.7 cm³/mol. The molecular formula is C14H20N2O3. The first kappa shape index (κ1) is 13.8. The number of Topliss-reactive ketones (excluding diaryl/α,β-unsaturated/α-hetero) is 1. The number of amidine groups is 1. The second kappa shape index (κ2) is 4.79. The molecule has 2 heterocycles. The molecule has 0 aromatic carbocycles. The van der Waals surface area contributed by atoms with Gasteiger partial charge in [-0.25, -0.2) is 9.79 Å². The highest BCUT2D eigenvalue weighted by Crippen LogP contribution is 2.31. The normalized spacial score (nSPS) is 22.8. The van der Waals surface area contributed by atoms with Gasteiger partial charge in [0.15, 0.2) is 11.8 Å². The Labute approximate surface area is 113 Å². The van der Waals surface area contributed by atoms with Gasteiger partial charge in [0.1, 0.15) is 5.84 Å². The summed E-state index contributed by atoms with van der Waals surface area (Å²) < 4.78 is 4.96. The maximum Gasteiger partial charge on any atom is 0.336 e. The number of carbonyl (C=O) groups excluding carboxylic acids is 2. The number of hydrogen-bond donors (Lipinski definition) is 0. The van der Waals surface area contributed by atoms with Crippen molar-refractivity contribution in [3.8, 4) is 0 Å². The first-order chi connectivity index (χ1) is 8.84. The Hall–Kier alpha value is -1.65. The van der Waals surface area contributed by atoms with Crippen LogP contribution in [0.5, 0.6) is 0 Å². The lowest BCUT2D eigenvalue weighted by atomic mass is 9.91. The van der Waals surface area contributed by atoms with Crippen molar-refractivity contribution < 1.29 is 14.3 Å². The van der Waals surface area contributed by atoms with Crippen LogP contribution in [0.1, 0.15) is 34.1 Å². The first-order valence-electron chi connectivity index (χ1n) is 6.58. The van der Waals surface area contributed by atoms with Gasteiger partial charge in [0, 0.05) is 17.7 Å². The summed E-state index contributed by atoms with van der Waals surface area (Å²) in [5.41, 5.74) is 0.917. The van der Waals surface area contributed by atoms with Gasteiger partial charge in [-0.2, -0.15) is 0 Å². The quantitative estimate of drug-likeness (QED) is 0.560. The number of ether oxygens (including phenoxy) is 1. The van der Waals surface area contributed by atoms with Gasteiger partial charge in [-0.3, -0.25) is 4.79 Å². The van der Waals surface area contributed by atoms with Crippen LogP contribution in [-0.4, -0.2) is 41.7 Å². The minimum Gasteiger partial charge on any atom is -0.464 e. The van der Waals surface area contributed by atoms with Crippen molar-refractivity contribution in [1.29, 1.82) is 0 Å². The van der Waals surface area contributed by atoms with Crippen molar-refractivity contribution in [3.63, 3.8) is 0 Å². The highest BCUT2D eigenvalue weighted by Gasteiger charge is 2.44. The molecule has 1 unspecified atom stereocenters. The molecule has 0 aliphatic carbocycles. The second-order valence-corrected chi connectivity index (χ2v) is 5.82. The first-order valence-corrected chi connectivity index (χ1v) is 6.58. The molecule has 1 fully saturated rings. The molecule has 5 nitrogen and oxygen atoms in total. The fourth-order valence-corrected chi connectivity index (χ4v) is 2.31. The van der Waals surface area contributed by atoms with Crippen LogP contribution in [-0.2, 0) is 14.3 Å². The fraction of sp³-hybridized carbons (Fsp3) is 0.643. The van der Waals surface area contributed by atoms with E-state index in [2.05, 4.69) is 25.8 Å². The number of rotatable bonds is 2. The van der Waals surface area contributed by atoms with Gasteiger partial charge < -0.3 is 9.64 Å². The van der Waals surface area contributed by atoms with Gasteiger partial charge in [0.05, 0.1) is 13.0 Å². The predicted octanol–water partition coefficient (Wildman–Crippen LogP) is 1.53. The van der Waals surface area contributed by atoms with Crippen LogP contribution < -0.4 is 0 Å². The molecule has 0 aromatic rings. The lowest BCUT2D eigenvalue weighted by Crippen LogP contribution is -2.44. The van der Waals surface area contributed by atoms with Crippen molar-refractivity contribution in [1.82, 2.24) is 4.90 Å². The third-order valence-electron chi connectivity index (χ3n) is 3.29. The number of nitrogens with zero attached hydrogens (tertiary/aromatic N) is 2.